The summed E-state index contributed by atoms with van der Waals surface area (Å²) in [4.78, 5) is 28.6. The van der Waals surface area contributed by atoms with Gasteiger partial charge in [-0.15, -0.1) is 0 Å². The van der Waals surface area contributed by atoms with E-state index in [0.717, 1.165) is 10.9 Å². The van der Waals surface area contributed by atoms with Gasteiger partial charge in [-0.05, 0) is 6.07 Å². The summed E-state index contributed by atoms with van der Waals surface area (Å²) in [6.07, 6.45) is 1.52. The van der Waals surface area contributed by atoms with E-state index in [2.05, 4.69) is 4.98 Å². The summed E-state index contributed by atoms with van der Waals surface area (Å²) in [5, 5.41) is 10.2. The number of hydrogen-bond acceptors (Lipinski definition) is 3. The fourth-order valence-corrected chi connectivity index (χ4v) is 2.70. The third-order valence-corrected chi connectivity index (χ3v) is 3.85. The molecule has 0 bridgehead atoms. The van der Waals surface area contributed by atoms with Crippen LogP contribution in [-0.4, -0.2) is 28.5 Å². The molecule has 0 aliphatic carbocycles. The summed E-state index contributed by atoms with van der Waals surface area (Å²) in [6.45, 7) is 0.133. The molecule has 0 saturated carbocycles. The van der Waals surface area contributed by atoms with Crippen molar-refractivity contribution in [2.24, 2.45) is 5.92 Å². The number of pyridine rings is 1. The first-order valence-electron chi connectivity index (χ1n) is 6.14. The van der Waals surface area contributed by atoms with Crippen molar-refractivity contribution in [3.8, 4) is 0 Å². The maximum absolute atomic E-state index is 12.0. The first-order valence-corrected chi connectivity index (χ1v) is 6.52. The molecule has 2 aromatic rings. The maximum atomic E-state index is 12.0. The SMILES string of the molecule is O=C(O)C1CC(=O)N(c2cnc3ccccc3c2Cl)C1. The number of rotatable bonds is 2. The van der Waals surface area contributed by atoms with Crippen molar-refractivity contribution >= 4 is 40.1 Å². The number of fused-ring (bicyclic) bond motifs is 1. The number of nitrogens with zero attached hydrogens (tertiary/aromatic N) is 2. The molecule has 5 nitrogen and oxygen atoms in total. The van der Waals surface area contributed by atoms with Gasteiger partial charge in [0.15, 0.2) is 0 Å². The minimum Gasteiger partial charge on any atom is -0.481 e. The van der Waals surface area contributed by atoms with Gasteiger partial charge in [0.1, 0.15) is 0 Å². The molecule has 1 fully saturated rings. The zero-order valence-electron chi connectivity index (χ0n) is 10.4. The quantitative estimate of drug-likeness (QED) is 0.921. The van der Waals surface area contributed by atoms with Gasteiger partial charge in [-0.3, -0.25) is 14.6 Å². The summed E-state index contributed by atoms with van der Waals surface area (Å²) in [5.74, 6) is -1.90. The van der Waals surface area contributed by atoms with Gasteiger partial charge in [0, 0.05) is 18.4 Å². The van der Waals surface area contributed by atoms with E-state index in [4.69, 9.17) is 16.7 Å². The molecule has 20 heavy (non-hydrogen) atoms. The van der Waals surface area contributed by atoms with E-state index in [1.807, 2.05) is 24.3 Å². The number of carbonyl (C=O) groups excluding carboxylic acids is 1. The molecule has 102 valence electrons. The first-order chi connectivity index (χ1) is 9.58. The number of anilines is 1. The minimum absolute atomic E-state index is 0.00150. The molecule has 6 heteroatoms. The van der Waals surface area contributed by atoms with Crippen LogP contribution in [0, 0.1) is 5.92 Å². The Kier molecular flexibility index (Phi) is 3.06. The van der Waals surface area contributed by atoms with E-state index < -0.39 is 11.9 Å². The normalized spacial score (nSPS) is 18.8. The Morgan fingerprint density at radius 2 is 2.15 bits per heavy atom. The topological polar surface area (TPSA) is 70.5 Å². The van der Waals surface area contributed by atoms with Crippen molar-refractivity contribution in [2.75, 3.05) is 11.4 Å². The van der Waals surface area contributed by atoms with Crippen molar-refractivity contribution in [1.29, 1.82) is 0 Å². The van der Waals surface area contributed by atoms with Crippen LogP contribution in [-0.2, 0) is 9.59 Å². The lowest BCUT2D eigenvalue weighted by Gasteiger charge is -2.18. The molecule has 1 aliphatic heterocycles. The smallest absolute Gasteiger partial charge is 0.308 e. The number of aliphatic carboxylic acids is 1. The molecule has 1 N–H and O–H groups in total. The number of para-hydroxylation sites is 1. The van der Waals surface area contributed by atoms with E-state index in [1.54, 1.807) is 0 Å². The molecule has 1 amide bonds. The highest BCUT2D eigenvalue weighted by molar-refractivity contribution is 6.38. The average molecular weight is 291 g/mol. The number of carbonyl (C=O) groups is 2. The number of halogens is 1. The van der Waals surface area contributed by atoms with Gasteiger partial charge in [0.25, 0.3) is 0 Å². The zero-order valence-corrected chi connectivity index (χ0v) is 11.2. The Morgan fingerprint density at radius 3 is 2.85 bits per heavy atom. The van der Waals surface area contributed by atoms with Gasteiger partial charge in [-0.2, -0.15) is 0 Å². The van der Waals surface area contributed by atoms with Crippen LogP contribution in [0.5, 0.6) is 0 Å². The highest BCUT2D eigenvalue weighted by Crippen LogP contribution is 2.35. The van der Waals surface area contributed by atoms with E-state index in [1.165, 1.54) is 11.1 Å². The zero-order chi connectivity index (χ0) is 14.3. The lowest BCUT2D eigenvalue weighted by Crippen LogP contribution is -2.26. The van der Waals surface area contributed by atoms with E-state index in [-0.39, 0.29) is 18.9 Å². The van der Waals surface area contributed by atoms with Gasteiger partial charge >= 0.3 is 5.97 Å². The second-order valence-electron chi connectivity index (χ2n) is 4.72. The summed E-state index contributed by atoms with van der Waals surface area (Å²) in [7, 11) is 0. The molecule has 1 atom stereocenters. The van der Waals surface area contributed by atoms with Crippen LogP contribution in [0.4, 0.5) is 5.69 Å². The monoisotopic (exact) mass is 290 g/mol. The third-order valence-electron chi connectivity index (χ3n) is 3.46. The molecule has 0 radical (unpaired) electrons. The highest BCUT2D eigenvalue weighted by Gasteiger charge is 2.36. The Labute approximate surface area is 119 Å². The van der Waals surface area contributed by atoms with Crippen LogP contribution >= 0.6 is 11.6 Å². The van der Waals surface area contributed by atoms with Crippen LogP contribution < -0.4 is 4.90 Å². The molecule has 1 aliphatic rings. The summed E-state index contributed by atoms with van der Waals surface area (Å²) in [6, 6.07) is 7.35. The molecule has 0 spiro atoms. The molecular formula is C14H11ClN2O3. The summed E-state index contributed by atoms with van der Waals surface area (Å²) >= 11 is 6.33. The lowest BCUT2D eigenvalue weighted by molar-refractivity contribution is -0.141. The Morgan fingerprint density at radius 1 is 1.40 bits per heavy atom. The number of hydrogen-bond donors (Lipinski definition) is 1. The predicted molar refractivity (Wildman–Crippen MR) is 74.8 cm³/mol. The van der Waals surface area contributed by atoms with Gasteiger partial charge in [-0.1, -0.05) is 29.8 Å². The number of carboxylic acids is 1. The third kappa shape index (κ3) is 2.00. The van der Waals surface area contributed by atoms with E-state index in [0.29, 0.717) is 10.7 Å². The number of carboxylic acid groups (broad SMARTS) is 1. The fourth-order valence-electron chi connectivity index (χ4n) is 2.39. The van der Waals surface area contributed by atoms with Crippen molar-refractivity contribution in [3.63, 3.8) is 0 Å². The van der Waals surface area contributed by atoms with Gasteiger partial charge in [0.05, 0.1) is 28.3 Å². The molecule has 2 heterocycles. The fraction of sp³-hybridized carbons (Fsp3) is 0.214. The van der Waals surface area contributed by atoms with Crippen molar-refractivity contribution < 1.29 is 14.7 Å². The molecular weight excluding hydrogens is 280 g/mol. The van der Waals surface area contributed by atoms with Crippen LogP contribution in [0.1, 0.15) is 6.42 Å². The van der Waals surface area contributed by atoms with Gasteiger partial charge < -0.3 is 10.0 Å². The van der Waals surface area contributed by atoms with E-state index >= 15 is 0 Å². The first kappa shape index (κ1) is 12.9. The molecule has 1 saturated heterocycles. The average Bonchev–Trinajstić information content (AvgIpc) is 2.82. The predicted octanol–water partition coefficient (Wildman–Crippen LogP) is 2.33. The minimum atomic E-state index is -0.967. The maximum Gasteiger partial charge on any atom is 0.308 e. The molecule has 1 unspecified atom stereocenters. The van der Waals surface area contributed by atoms with Crippen LogP contribution in [0.2, 0.25) is 5.02 Å². The van der Waals surface area contributed by atoms with Crippen LogP contribution in [0.3, 0.4) is 0 Å². The Hall–Kier alpha value is -2.14. The largest absolute Gasteiger partial charge is 0.481 e. The Bertz CT molecular complexity index is 717. The van der Waals surface area contributed by atoms with E-state index in [9.17, 15) is 9.59 Å². The summed E-state index contributed by atoms with van der Waals surface area (Å²) < 4.78 is 0. The standard InChI is InChI=1S/C14H11ClN2O3/c15-13-9-3-1-2-4-10(9)16-6-11(13)17-7-8(14(19)20)5-12(17)18/h1-4,6,8H,5,7H2,(H,19,20). The number of amides is 1. The highest BCUT2D eigenvalue weighted by atomic mass is 35.5. The Balaban J connectivity index is 2.05. The molecule has 1 aromatic heterocycles. The number of benzene rings is 1. The van der Waals surface area contributed by atoms with Crippen LogP contribution in [0.15, 0.2) is 30.5 Å². The van der Waals surface area contributed by atoms with Gasteiger partial charge in [0.2, 0.25) is 5.91 Å². The van der Waals surface area contributed by atoms with Gasteiger partial charge in [-0.25, -0.2) is 0 Å². The summed E-state index contributed by atoms with van der Waals surface area (Å²) in [5.41, 5.74) is 1.21. The van der Waals surface area contributed by atoms with Crippen LogP contribution in [0.25, 0.3) is 10.9 Å². The molecule has 3 rings (SSSR count). The molecule has 1 aromatic carbocycles. The van der Waals surface area contributed by atoms with Crippen molar-refractivity contribution in [1.82, 2.24) is 4.98 Å². The lowest BCUT2D eigenvalue weighted by atomic mass is 10.1. The van der Waals surface area contributed by atoms with Crippen molar-refractivity contribution in [3.05, 3.63) is 35.5 Å². The second kappa shape index (κ2) is 4.76. The second-order valence-corrected chi connectivity index (χ2v) is 5.10. The van der Waals surface area contributed by atoms with Crippen molar-refractivity contribution in [2.45, 2.75) is 6.42 Å². The number of aromatic nitrogens is 1.